The first-order valence-electron chi connectivity index (χ1n) is 4.87. The van der Waals surface area contributed by atoms with E-state index >= 15 is 0 Å². The molecule has 0 aromatic heterocycles. The second-order valence-electron chi connectivity index (χ2n) is 3.22. The number of alkyl halides is 3. The van der Waals surface area contributed by atoms with Crippen LogP contribution in [0.1, 0.15) is 22.8 Å². The molecule has 0 saturated carbocycles. The highest BCUT2D eigenvalue weighted by Crippen LogP contribution is 2.13. The van der Waals surface area contributed by atoms with Gasteiger partial charge in [0.25, 0.3) is 0 Å². The number of halogens is 3. The normalized spacial score (nSPS) is 10.2. The second-order valence-corrected chi connectivity index (χ2v) is 3.22. The second kappa shape index (κ2) is 6.63. The van der Waals surface area contributed by atoms with Gasteiger partial charge in [-0.15, -0.1) is 0 Å². The molecule has 0 atom stereocenters. The van der Waals surface area contributed by atoms with Crippen LogP contribution in [0.15, 0.2) is 24.3 Å². The highest BCUT2D eigenvalue weighted by molar-refractivity contribution is 5.92. The SMILES string of the molecule is CCc1ccc(C(N)=O)cc1.O=C(O)C(F)(F)F. The van der Waals surface area contributed by atoms with Gasteiger partial charge in [-0.2, -0.15) is 13.2 Å². The summed E-state index contributed by atoms with van der Waals surface area (Å²) in [5.41, 5.74) is 6.86. The Kier molecular flexibility index (Phi) is 5.87. The largest absolute Gasteiger partial charge is 0.490 e. The number of carboxylic acid groups (broad SMARTS) is 1. The smallest absolute Gasteiger partial charge is 0.475 e. The van der Waals surface area contributed by atoms with Crippen molar-refractivity contribution in [2.24, 2.45) is 5.73 Å². The molecule has 0 heterocycles. The van der Waals surface area contributed by atoms with Crippen molar-refractivity contribution in [2.45, 2.75) is 19.5 Å². The van der Waals surface area contributed by atoms with Crippen LogP contribution < -0.4 is 5.73 Å². The molecule has 0 fully saturated rings. The Labute approximate surface area is 101 Å². The molecule has 18 heavy (non-hydrogen) atoms. The monoisotopic (exact) mass is 263 g/mol. The zero-order valence-electron chi connectivity index (χ0n) is 9.49. The van der Waals surface area contributed by atoms with Crippen molar-refractivity contribution in [1.29, 1.82) is 0 Å². The van der Waals surface area contributed by atoms with E-state index in [0.717, 1.165) is 6.42 Å². The van der Waals surface area contributed by atoms with E-state index in [4.69, 9.17) is 15.6 Å². The minimum Gasteiger partial charge on any atom is -0.475 e. The number of nitrogens with two attached hydrogens (primary N) is 1. The van der Waals surface area contributed by atoms with E-state index in [-0.39, 0.29) is 5.91 Å². The molecule has 0 radical (unpaired) electrons. The van der Waals surface area contributed by atoms with Crippen molar-refractivity contribution >= 4 is 11.9 Å². The molecule has 100 valence electrons. The molecule has 1 aromatic rings. The average Bonchev–Trinajstić information content (AvgIpc) is 2.28. The quantitative estimate of drug-likeness (QED) is 0.856. The standard InChI is InChI=1S/C9H11NO.C2HF3O2/c1-2-7-3-5-8(6-4-7)9(10)11;3-2(4,5)1(6)7/h3-6H,2H2,1H3,(H2,10,11);(H,6,7). The van der Waals surface area contributed by atoms with Crippen LogP contribution >= 0.6 is 0 Å². The van der Waals surface area contributed by atoms with Gasteiger partial charge in [0, 0.05) is 5.56 Å². The molecule has 0 aliphatic rings. The van der Waals surface area contributed by atoms with Crippen LogP contribution in [0.4, 0.5) is 13.2 Å². The fourth-order valence-electron chi connectivity index (χ4n) is 0.905. The lowest BCUT2D eigenvalue weighted by Crippen LogP contribution is -2.21. The summed E-state index contributed by atoms with van der Waals surface area (Å²) in [6, 6.07) is 7.34. The summed E-state index contributed by atoms with van der Waals surface area (Å²) in [7, 11) is 0. The molecular weight excluding hydrogens is 251 g/mol. The third kappa shape index (κ3) is 5.88. The number of primary amides is 1. The van der Waals surface area contributed by atoms with Crippen LogP contribution in [-0.4, -0.2) is 23.2 Å². The van der Waals surface area contributed by atoms with Gasteiger partial charge in [0.15, 0.2) is 0 Å². The van der Waals surface area contributed by atoms with E-state index in [0.29, 0.717) is 5.56 Å². The first kappa shape index (κ1) is 16.0. The maximum Gasteiger partial charge on any atom is 0.490 e. The van der Waals surface area contributed by atoms with Crippen LogP contribution in [0.3, 0.4) is 0 Å². The van der Waals surface area contributed by atoms with E-state index < -0.39 is 12.1 Å². The summed E-state index contributed by atoms with van der Waals surface area (Å²) >= 11 is 0. The van der Waals surface area contributed by atoms with Crippen LogP contribution in [0.25, 0.3) is 0 Å². The van der Waals surface area contributed by atoms with E-state index in [2.05, 4.69) is 6.92 Å². The third-order valence-electron chi connectivity index (χ3n) is 1.89. The summed E-state index contributed by atoms with van der Waals surface area (Å²) < 4.78 is 31.7. The Morgan fingerprint density at radius 3 is 1.83 bits per heavy atom. The van der Waals surface area contributed by atoms with Crippen LogP contribution in [0.2, 0.25) is 0 Å². The van der Waals surface area contributed by atoms with Gasteiger partial charge in [-0.25, -0.2) is 4.79 Å². The molecule has 4 nitrogen and oxygen atoms in total. The minimum atomic E-state index is -5.08. The van der Waals surface area contributed by atoms with E-state index in [1.165, 1.54) is 5.56 Å². The molecule has 7 heteroatoms. The van der Waals surface area contributed by atoms with Gasteiger partial charge in [0.1, 0.15) is 0 Å². The number of carbonyl (C=O) groups excluding carboxylic acids is 1. The lowest BCUT2D eigenvalue weighted by atomic mass is 10.1. The zero-order chi connectivity index (χ0) is 14.3. The summed E-state index contributed by atoms with van der Waals surface area (Å²) in [5, 5.41) is 7.12. The van der Waals surface area contributed by atoms with Gasteiger partial charge in [0.05, 0.1) is 0 Å². The van der Waals surface area contributed by atoms with Crippen molar-refractivity contribution in [2.75, 3.05) is 0 Å². The maximum absolute atomic E-state index is 10.6. The highest BCUT2D eigenvalue weighted by atomic mass is 19.4. The number of carbonyl (C=O) groups is 2. The maximum atomic E-state index is 10.6. The highest BCUT2D eigenvalue weighted by Gasteiger charge is 2.38. The Balaban J connectivity index is 0.000000360. The number of hydrogen-bond donors (Lipinski definition) is 2. The van der Waals surface area contributed by atoms with Crippen LogP contribution in [0, 0.1) is 0 Å². The average molecular weight is 263 g/mol. The van der Waals surface area contributed by atoms with Crippen LogP contribution in [0.5, 0.6) is 0 Å². The number of rotatable bonds is 2. The Hall–Kier alpha value is -2.05. The Morgan fingerprint density at radius 2 is 1.61 bits per heavy atom. The van der Waals surface area contributed by atoms with Crippen molar-refractivity contribution in [1.82, 2.24) is 0 Å². The lowest BCUT2D eigenvalue weighted by Gasteiger charge is -1.96. The first-order chi connectivity index (χ1) is 8.18. The van der Waals surface area contributed by atoms with Gasteiger partial charge in [0.2, 0.25) is 5.91 Å². The van der Waals surface area contributed by atoms with Crippen molar-refractivity contribution < 1.29 is 27.9 Å². The van der Waals surface area contributed by atoms with Gasteiger partial charge in [-0.3, -0.25) is 4.79 Å². The zero-order valence-corrected chi connectivity index (χ0v) is 9.49. The number of hydrogen-bond acceptors (Lipinski definition) is 2. The third-order valence-corrected chi connectivity index (χ3v) is 1.89. The van der Waals surface area contributed by atoms with Gasteiger partial charge >= 0.3 is 12.1 Å². The van der Waals surface area contributed by atoms with Crippen LogP contribution in [-0.2, 0) is 11.2 Å². The Morgan fingerprint density at radius 1 is 1.22 bits per heavy atom. The predicted octanol–water partition coefficient (Wildman–Crippen LogP) is 1.98. The van der Waals surface area contributed by atoms with Crippen molar-refractivity contribution in [3.63, 3.8) is 0 Å². The van der Waals surface area contributed by atoms with E-state index in [1.807, 2.05) is 12.1 Å². The lowest BCUT2D eigenvalue weighted by molar-refractivity contribution is -0.192. The number of benzene rings is 1. The molecule has 1 aromatic carbocycles. The summed E-state index contributed by atoms with van der Waals surface area (Å²) in [6.07, 6.45) is -4.10. The van der Waals surface area contributed by atoms with Gasteiger partial charge in [-0.05, 0) is 24.1 Å². The number of aliphatic carboxylic acids is 1. The Bertz CT molecular complexity index is 413. The molecule has 1 rings (SSSR count). The van der Waals surface area contributed by atoms with E-state index in [1.54, 1.807) is 12.1 Å². The number of aryl methyl sites for hydroxylation is 1. The first-order valence-corrected chi connectivity index (χ1v) is 4.87. The fraction of sp³-hybridized carbons (Fsp3) is 0.273. The predicted molar refractivity (Wildman–Crippen MR) is 58.0 cm³/mol. The summed E-state index contributed by atoms with van der Waals surface area (Å²) in [6.45, 7) is 2.07. The number of carboxylic acids is 1. The molecule has 0 spiro atoms. The molecular formula is C11H12F3NO3. The minimum absolute atomic E-state index is 0.368. The molecule has 0 aliphatic carbocycles. The topological polar surface area (TPSA) is 80.4 Å². The van der Waals surface area contributed by atoms with Gasteiger partial charge < -0.3 is 10.8 Å². The van der Waals surface area contributed by atoms with E-state index in [9.17, 15) is 18.0 Å². The number of amides is 1. The molecule has 1 amide bonds. The fourth-order valence-corrected chi connectivity index (χ4v) is 0.905. The molecule has 0 bridgehead atoms. The van der Waals surface area contributed by atoms with Crippen molar-refractivity contribution in [3.8, 4) is 0 Å². The van der Waals surface area contributed by atoms with Crippen molar-refractivity contribution in [3.05, 3.63) is 35.4 Å². The molecule has 0 aliphatic heterocycles. The summed E-state index contributed by atoms with van der Waals surface area (Å²) in [5.74, 6) is -3.12. The molecule has 0 unspecified atom stereocenters. The summed E-state index contributed by atoms with van der Waals surface area (Å²) in [4.78, 5) is 19.5. The molecule has 0 saturated heterocycles. The molecule has 3 N–H and O–H groups in total. The van der Waals surface area contributed by atoms with Gasteiger partial charge in [-0.1, -0.05) is 19.1 Å².